The first-order valence-electron chi connectivity index (χ1n) is 14.1. The van der Waals surface area contributed by atoms with Crippen LogP contribution in [0.2, 0.25) is 0 Å². The normalized spacial score (nSPS) is 19.7. The van der Waals surface area contributed by atoms with Crippen LogP contribution < -0.4 is 0 Å². The fourth-order valence-corrected chi connectivity index (χ4v) is 5.62. The summed E-state index contributed by atoms with van der Waals surface area (Å²) in [6.07, 6.45) is 19.0. The number of rotatable bonds is 11. The van der Waals surface area contributed by atoms with E-state index in [1.165, 1.54) is 49.9 Å². The van der Waals surface area contributed by atoms with Crippen molar-refractivity contribution in [1.29, 1.82) is 0 Å². The van der Waals surface area contributed by atoms with Crippen LogP contribution >= 0.6 is 0 Å². The number of unbranched alkanes of at least 4 members (excludes halogenated alkanes) is 5. The van der Waals surface area contributed by atoms with Crippen LogP contribution in [0.25, 0.3) is 11.8 Å². The van der Waals surface area contributed by atoms with E-state index in [2.05, 4.69) is 57.1 Å². The number of piperidine rings is 1. The number of hydrogen-bond acceptors (Lipinski definition) is 6. The smallest absolute Gasteiger partial charge is 0.261 e. The van der Waals surface area contributed by atoms with Crippen LogP contribution in [-0.2, 0) is 17.0 Å². The molecule has 1 N–H and O–H groups in total. The lowest BCUT2D eigenvalue weighted by molar-refractivity contribution is -0.137. The maximum atomic E-state index is 14.0. The van der Waals surface area contributed by atoms with Crippen molar-refractivity contribution < 1.29 is 14.3 Å². The Labute approximate surface area is 230 Å². The lowest BCUT2D eigenvalue weighted by Gasteiger charge is -2.38. The van der Waals surface area contributed by atoms with Gasteiger partial charge in [0, 0.05) is 30.2 Å². The minimum absolute atomic E-state index is 0.361. The van der Waals surface area contributed by atoms with Gasteiger partial charge in [0.1, 0.15) is 12.4 Å². The highest BCUT2D eigenvalue weighted by Gasteiger charge is 2.49. The van der Waals surface area contributed by atoms with E-state index in [1.807, 2.05) is 18.2 Å². The quantitative estimate of drug-likeness (QED) is 0.295. The van der Waals surface area contributed by atoms with E-state index in [-0.39, 0.29) is 6.61 Å². The van der Waals surface area contributed by atoms with Gasteiger partial charge in [0.2, 0.25) is 0 Å². The summed E-state index contributed by atoms with van der Waals surface area (Å²) in [4.78, 5) is 16.2. The molecule has 2 aliphatic rings. The molecule has 206 valence electrons. The summed E-state index contributed by atoms with van der Waals surface area (Å²) in [6.45, 7) is 4.54. The SMILES string of the molecule is CCCCCCCCc1cc(/C=C2\CCCN3C2=NOC3(CO)c2cncc(F)c2)ccc1-n1cnc(C)c1. The number of aliphatic hydroxyl groups excluding tert-OH is 1. The maximum Gasteiger partial charge on any atom is 0.261 e. The Morgan fingerprint density at radius 1 is 1.13 bits per heavy atom. The second-order valence-electron chi connectivity index (χ2n) is 10.6. The molecule has 1 fully saturated rings. The minimum atomic E-state index is -1.27. The number of amidine groups is 1. The molecule has 1 aromatic carbocycles. The molecule has 0 spiro atoms. The Bertz CT molecular complexity index is 1350. The van der Waals surface area contributed by atoms with Crippen LogP contribution in [0.3, 0.4) is 0 Å². The third kappa shape index (κ3) is 5.76. The molecule has 3 aromatic rings. The monoisotopic (exact) mass is 531 g/mol. The van der Waals surface area contributed by atoms with Crippen LogP contribution in [0, 0.1) is 12.7 Å². The number of halogens is 1. The van der Waals surface area contributed by atoms with Crippen molar-refractivity contribution in [2.45, 2.75) is 77.4 Å². The van der Waals surface area contributed by atoms with Crippen LogP contribution in [0.4, 0.5) is 4.39 Å². The number of aryl methyl sites for hydroxylation is 2. The predicted molar refractivity (Wildman–Crippen MR) is 151 cm³/mol. The molecule has 0 saturated carbocycles. The number of pyridine rings is 1. The van der Waals surface area contributed by atoms with Crippen molar-refractivity contribution in [3.8, 4) is 5.69 Å². The lowest BCUT2D eigenvalue weighted by Crippen LogP contribution is -2.51. The molecule has 0 radical (unpaired) electrons. The highest BCUT2D eigenvalue weighted by Crippen LogP contribution is 2.40. The van der Waals surface area contributed by atoms with Crippen LogP contribution in [-0.4, -0.2) is 43.5 Å². The molecular weight excluding hydrogens is 493 g/mol. The Balaban J connectivity index is 1.41. The van der Waals surface area contributed by atoms with Gasteiger partial charge in [-0.3, -0.25) is 4.98 Å². The summed E-state index contributed by atoms with van der Waals surface area (Å²) in [5.41, 5.74) is 4.78. The van der Waals surface area contributed by atoms with Crippen molar-refractivity contribution in [2.24, 2.45) is 5.16 Å². The topological polar surface area (TPSA) is 75.8 Å². The number of hydrogen-bond donors (Lipinski definition) is 1. The first-order chi connectivity index (χ1) is 19.0. The highest BCUT2D eigenvalue weighted by atomic mass is 19.1. The van der Waals surface area contributed by atoms with Gasteiger partial charge >= 0.3 is 0 Å². The van der Waals surface area contributed by atoms with E-state index in [4.69, 9.17) is 4.84 Å². The Morgan fingerprint density at radius 2 is 1.97 bits per heavy atom. The van der Waals surface area contributed by atoms with Gasteiger partial charge in [-0.05, 0) is 73.6 Å². The molecular formula is C31H38FN5O2. The van der Waals surface area contributed by atoms with Gasteiger partial charge in [-0.15, -0.1) is 0 Å². The van der Waals surface area contributed by atoms with Crippen molar-refractivity contribution in [2.75, 3.05) is 13.2 Å². The van der Waals surface area contributed by atoms with Crippen molar-refractivity contribution in [3.05, 3.63) is 83.0 Å². The third-order valence-corrected chi connectivity index (χ3v) is 7.69. The van der Waals surface area contributed by atoms with Gasteiger partial charge in [0.15, 0.2) is 5.84 Å². The first kappa shape index (κ1) is 27.1. The second-order valence-corrected chi connectivity index (χ2v) is 10.6. The zero-order valence-corrected chi connectivity index (χ0v) is 22.9. The molecule has 5 rings (SSSR count). The average Bonchev–Trinajstić information content (AvgIpc) is 3.55. The molecule has 0 aliphatic carbocycles. The molecule has 1 saturated heterocycles. The van der Waals surface area contributed by atoms with Crippen molar-refractivity contribution in [1.82, 2.24) is 19.4 Å². The summed E-state index contributed by atoms with van der Waals surface area (Å²) in [7, 11) is 0. The molecule has 8 heteroatoms. The fourth-order valence-electron chi connectivity index (χ4n) is 5.62. The number of oxime groups is 1. The zero-order chi connectivity index (χ0) is 27.2. The molecule has 0 bridgehead atoms. The maximum absolute atomic E-state index is 14.0. The zero-order valence-electron chi connectivity index (χ0n) is 22.9. The van der Waals surface area contributed by atoms with Gasteiger partial charge < -0.3 is 19.4 Å². The highest BCUT2D eigenvalue weighted by molar-refractivity contribution is 6.03. The van der Waals surface area contributed by atoms with Crippen LogP contribution in [0.5, 0.6) is 0 Å². The Kier molecular flexibility index (Phi) is 8.41. The van der Waals surface area contributed by atoms with E-state index in [1.54, 1.807) is 0 Å². The molecule has 7 nitrogen and oxygen atoms in total. The number of aromatic nitrogens is 3. The Hall–Kier alpha value is -3.52. The number of benzene rings is 1. The van der Waals surface area contributed by atoms with Gasteiger partial charge in [0.25, 0.3) is 5.72 Å². The summed E-state index contributed by atoms with van der Waals surface area (Å²) in [5.74, 6) is 0.211. The summed E-state index contributed by atoms with van der Waals surface area (Å²) < 4.78 is 16.1. The number of imidazole rings is 1. The molecule has 1 unspecified atom stereocenters. The van der Waals surface area contributed by atoms with Gasteiger partial charge in [-0.2, -0.15) is 0 Å². The lowest BCUT2D eigenvalue weighted by atomic mass is 9.94. The molecule has 0 amide bonds. The molecule has 4 heterocycles. The second kappa shape index (κ2) is 12.1. The molecule has 1 atom stereocenters. The predicted octanol–water partition coefficient (Wildman–Crippen LogP) is 6.29. The van der Waals surface area contributed by atoms with Crippen molar-refractivity contribution in [3.63, 3.8) is 0 Å². The largest absolute Gasteiger partial charge is 0.390 e. The van der Waals surface area contributed by atoms with Gasteiger partial charge in [0.05, 0.1) is 18.2 Å². The van der Waals surface area contributed by atoms with Gasteiger partial charge in [-0.25, -0.2) is 9.37 Å². The average molecular weight is 532 g/mol. The third-order valence-electron chi connectivity index (χ3n) is 7.69. The van der Waals surface area contributed by atoms with Crippen LogP contribution in [0.1, 0.15) is 80.7 Å². The fraction of sp³-hybridized carbons (Fsp3) is 0.452. The van der Waals surface area contributed by atoms with Crippen LogP contribution in [0.15, 0.2) is 59.9 Å². The molecule has 39 heavy (non-hydrogen) atoms. The number of aliphatic hydroxyl groups is 1. The van der Waals surface area contributed by atoms with Gasteiger partial charge in [-0.1, -0.05) is 50.2 Å². The summed E-state index contributed by atoms with van der Waals surface area (Å²) in [6, 6.07) is 7.93. The minimum Gasteiger partial charge on any atom is -0.390 e. The van der Waals surface area contributed by atoms with E-state index in [9.17, 15) is 9.50 Å². The van der Waals surface area contributed by atoms with E-state index in [0.717, 1.165) is 54.4 Å². The van der Waals surface area contributed by atoms with E-state index >= 15 is 0 Å². The number of nitrogens with zero attached hydrogens (tertiary/aromatic N) is 5. The summed E-state index contributed by atoms with van der Waals surface area (Å²) >= 11 is 0. The van der Waals surface area contributed by atoms with E-state index in [0.29, 0.717) is 17.9 Å². The van der Waals surface area contributed by atoms with E-state index < -0.39 is 11.5 Å². The standard InChI is InChI=1S/C31H38FN5O2/c1-3-4-5-6-7-8-10-25-15-24(12-13-29(25)36-20-23(2)34-22-36)16-26-11-9-14-37-30(26)35-39-31(37,21-38)27-17-28(32)19-33-18-27/h12-13,15-20,22,38H,3-11,14,21H2,1-2H3/b26-16+. The summed E-state index contributed by atoms with van der Waals surface area (Å²) in [5, 5.41) is 14.8. The molecule has 2 aromatic heterocycles. The first-order valence-corrected chi connectivity index (χ1v) is 14.1. The molecule has 2 aliphatic heterocycles. The van der Waals surface area contributed by atoms with Crippen molar-refractivity contribution >= 4 is 11.9 Å². The number of fused-ring (bicyclic) bond motifs is 1. The Morgan fingerprint density at radius 3 is 2.74 bits per heavy atom.